The Morgan fingerprint density at radius 2 is 2.24 bits per heavy atom. The molecule has 0 bridgehead atoms. The van der Waals surface area contributed by atoms with Gasteiger partial charge in [0.2, 0.25) is 5.76 Å². The Hall–Kier alpha value is -1.27. The van der Waals surface area contributed by atoms with Gasteiger partial charge in [0.15, 0.2) is 0 Å². The molecule has 0 radical (unpaired) electrons. The molecule has 1 amide bonds. The second kappa shape index (κ2) is 6.46. The zero-order valence-corrected chi connectivity index (χ0v) is 9.91. The molecular formula is C11H19N3O3. The Morgan fingerprint density at radius 1 is 1.41 bits per heavy atom. The van der Waals surface area contributed by atoms with Crippen LogP contribution in [0.2, 0.25) is 0 Å². The molecule has 1 fully saturated rings. The van der Waals surface area contributed by atoms with Crippen LogP contribution < -0.4 is 10.6 Å². The van der Waals surface area contributed by atoms with Gasteiger partial charge in [-0.05, 0) is 0 Å². The molecule has 6 nitrogen and oxygen atoms in total. The fourth-order valence-electron chi connectivity index (χ4n) is 1.84. The minimum absolute atomic E-state index is 0.195. The van der Waals surface area contributed by atoms with E-state index in [0.29, 0.717) is 19.8 Å². The number of carbonyl (C=O) groups is 1. The number of nitrogens with zero attached hydrogens (tertiary/aromatic N) is 1. The van der Waals surface area contributed by atoms with Crippen molar-refractivity contribution in [3.05, 3.63) is 12.0 Å². The van der Waals surface area contributed by atoms with E-state index in [0.717, 1.165) is 32.7 Å². The van der Waals surface area contributed by atoms with E-state index in [1.165, 1.54) is 6.26 Å². The molecule has 0 saturated carbocycles. The minimum atomic E-state index is -0.195. The Labute approximate surface area is 101 Å². The smallest absolute Gasteiger partial charge is 0.289 e. The van der Waals surface area contributed by atoms with Crippen molar-refractivity contribution in [1.29, 1.82) is 0 Å². The lowest BCUT2D eigenvalue weighted by atomic mass is 10.3. The van der Waals surface area contributed by atoms with Gasteiger partial charge >= 0.3 is 0 Å². The number of rotatable bonds is 4. The zero-order valence-electron chi connectivity index (χ0n) is 9.91. The Morgan fingerprint density at radius 3 is 2.94 bits per heavy atom. The molecule has 2 rings (SSSR count). The molecule has 96 valence electrons. The molecule has 2 N–H and O–H groups in total. The number of amides is 1. The molecule has 2 aliphatic rings. The molecule has 17 heavy (non-hydrogen) atoms. The van der Waals surface area contributed by atoms with Crippen LogP contribution in [-0.2, 0) is 14.3 Å². The van der Waals surface area contributed by atoms with Gasteiger partial charge in [0.25, 0.3) is 5.91 Å². The number of carbonyl (C=O) groups excluding carboxylic acids is 1. The lowest BCUT2D eigenvalue weighted by Crippen LogP contribution is -2.46. The number of ether oxygens (including phenoxy) is 2. The molecule has 0 aromatic heterocycles. The van der Waals surface area contributed by atoms with Crippen molar-refractivity contribution in [3.8, 4) is 0 Å². The first kappa shape index (κ1) is 12.2. The third kappa shape index (κ3) is 3.90. The molecule has 0 atom stereocenters. The van der Waals surface area contributed by atoms with E-state index < -0.39 is 0 Å². The van der Waals surface area contributed by atoms with Gasteiger partial charge in [0.1, 0.15) is 19.5 Å². The standard InChI is InChI=1S/C11H19N3O3/c15-11(10-9-16-7-8-17-10)13-3-6-14-4-1-12-2-5-14/h9,12H,1-8H2,(H,13,15). The van der Waals surface area contributed by atoms with Gasteiger partial charge in [0.05, 0.1) is 0 Å². The van der Waals surface area contributed by atoms with Gasteiger partial charge in [-0.3, -0.25) is 9.69 Å². The van der Waals surface area contributed by atoms with E-state index in [1.807, 2.05) is 0 Å². The van der Waals surface area contributed by atoms with Crippen molar-refractivity contribution < 1.29 is 14.3 Å². The van der Waals surface area contributed by atoms with Gasteiger partial charge in [-0.15, -0.1) is 0 Å². The quantitative estimate of drug-likeness (QED) is 0.654. The summed E-state index contributed by atoms with van der Waals surface area (Å²) in [5, 5.41) is 6.12. The first-order chi connectivity index (χ1) is 8.36. The van der Waals surface area contributed by atoms with Crippen molar-refractivity contribution in [1.82, 2.24) is 15.5 Å². The molecule has 0 aromatic rings. The van der Waals surface area contributed by atoms with E-state index in [-0.39, 0.29) is 11.7 Å². The van der Waals surface area contributed by atoms with Crippen LogP contribution in [0.1, 0.15) is 0 Å². The monoisotopic (exact) mass is 241 g/mol. The molecule has 2 heterocycles. The summed E-state index contributed by atoms with van der Waals surface area (Å²) < 4.78 is 10.2. The lowest BCUT2D eigenvalue weighted by molar-refractivity contribution is -0.122. The summed E-state index contributed by atoms with van der Waals surface area (Å²) in [5.41, 5.74) is 0. The van der Waals surface area contributed by atoms with Gasteiger partial charge in [0, 0.05) is 39.3 Å². The predicted octanol–water partition coefficient (Wildman–Crippen LogP) is -1.10. The van der Waals surface area contributed by atoms with Crippen LogP contribution in [0.25, 0.3) is 0 Å². The summed E-state index contributed by atoms with van der Waals surface area (Å²) in [5.74, 6) is 0.0800. The fraction of sp³-hybridized carbons (Fsp3) is 0.727. The highest BCUT2D eigenvalue weighted by Gasteiger charge is 2.15. The lowest BCUT2D eigenvalue weighted by Gasteiger charge is -2.27. The maximum Gasteiger partial charge on any atom is 0.289 e. The third-order valence-corrected chi connectivity index (χ3v) is 2.80. The number of hydrogen-bond acceptors (Lipinski definition) is 5. The molecule has 0 spiro atoms. The summed E-state index contributed by atoms with van der Waals surface area (Å²) >= 11 is 0. The Bertz CT molecular complexity index is 288. The Balaban J connectivity index is 1.63. The van der Waals surface area contributed by atoms with Crippen LogP contribution in [0.3, 0.4) is 0 Å². The van der Waals surface area contributed by atoms with Crippen molar-refractivity contribution in [2.24, 2.45) is 0 Å². The third-order valence-electron chi connectivity index (χ3n) is 2.80. The van der Waals surface area contributed by atoms with Gasteiger partial charge in [-0.2, -0.15) is 0 Å². The molecule has 6 heteroatoms. The van der Waals surface area contributed by atoms with E-state index in [4.69, 9.17) is 9.47 Å². The highest BCUT2D eigenvalue weighted by molar-refractivity contribution is 5.91. The number of piperazine rings is 1. The topological polar surface area (TPSA) is 62.8 Å². The van der Waals surface area contributed by atoms with E-state index in [2.05, 4.69) is 15.5 Å². The molecule has 1 saturated heterocycles. The maximum absolute atomic E-state index is 11.6. The SMILES string of the molecule is O=C(NCCN1CCNCC1)C1=COCCO1. The summed E-state index contributed by atoms with van der Waals surface area (Å²) in [6.45, 7) is 6.60. The zero-order chi connectivity index (χ0) is 11.9. The van der Waals surface area contributed by atoms with Crippen molar-refractivity contribution >= 4 is 5.91 Å². The Kier molecular flexibility index (Phi) is 4.63. The average Bonchev–Trinajstić information content (AvgIpc) is 2.41. The number of hydrogen-bond donors (Lipinski definition) is 2. The van der Waals surface area contributed by atoms with Crippen LogP contribution >= 0.6 is 0 Å². The second-order valence-electron chi connectivity index (χ2n) is 4.05. The van der Waals surface area contributed by atoms with Crippen molar-refractivity contribution in [3.63, 3.8) is 0 Å². The van der Waals surface area contributed by atoms with Gasteiger partial charge in [-0.25, -0.2) is 0 Å². The average molecular weight is 241 g/mol. The van der Waals surface area contributed by atoms with Crippen LogP contribution in [0.15, 0.2) is 12.0 Å². The maximum atomic E-state index is 11.6. The van der Waals surface area contributed by atoms with Crippen LogP contribution in [0.4, 0.5) is 0 Å². The molecular weight excluding hydrogens is 222 g/mol. The van der Waals surface area contributed by atoms with Crippen molar-refractivity contribution in [2.45, 2.75) is 0 Å². The first-order valence-electron chi connectivity index (χ1n) is 6.02. The summed E-state index contributed by atoms with van der Waals surface area (Å²) in [6, 6.07) is 0. The predicted molar refractivity (Wildman–Crippen MR) is 62.3 cm³/mol. The second-order valence-corrected chi connectivity index (χ2v) is 4.05. The van der Waals surface area contributed by atoms with Crippen LogP contribution in [-0.4, -0.2) is 63.3 Å². The largest absolute Gasteiger partial charge is 0.494 e. The van der Waals surface area contributed by atoms with Gasteiger partial charge < -0.3 is 20.1 Å². The highest BCUT2D eigenvalue weighted by Crippen LogP contribution is 2.03. The highest BCUT2D eigenvalue weighted by atomic mass is 16.6. The fourth-order valence-corrected chi connectivity index (χ4v) is 1.84. The van der Waals surface area contributed by atoms with Gasteiger partial charge in [-0.1, -0.05) is 0 Å². The number of nitrogens with one attached hydrogen (secondary N) is 2. The van der Waals surface area contributed by atoms with E-state index >= 15 is 0 Å². The van der Waals surface area contributed by atoms with Crippen LogP contribution in [0.5, 0.6) is 0 Å². The molecule has 0 aliphatic carbocycles. The summed E-state index contributed by atoms with van der Waals surface area (Å²) in [7, 11) is 0. The minimum Gasteiger partial charge on any atom is -0.494 e. The summed E-state index contributed by atoms with van der Waals surface area (Å²) in [4.78, 5) is 13.9. The molecule has 2 aliphatic heterocycles. The van der Waals surface area contributed by atoms with Crippen LogP contribution in [0, 0.1) is 0 Å². The molecule has 0 unspecified atom stereocenters. The van der Waals surface area contributed by atoms with E-state index in [1.54, 1.807) is 0 Å². The summed E-state index contributed by atoms with van der Waals surface area (Å²) in [6.07, 6.45) is 1.38. The molecule has 0 aromatic carbocycles. The van der Waals surface area contributed by atoms with Crippen molar-refractivity contribution in [2.75, 3.05) is 52.5 Å². The first-order valence-corrected chi connectivity index (χ1v) is 6.02. The normalized spacial score (nSPS) is 21.1. The van der Waals surface area contributed by atoms with E-state index in [9.17, 15) is 4.79 Å².